The van der Waals surface area contributed by atoms with Crippen molar-refractivity contribution in [2.24, 2.45) is 0 Å². The van der Waals surface area contributed by atoms with Gasteiger partial charge in [0.15, 0.2) is 0 Å². The molecular formula is C20H27ClN4O4S2. The Hall–Kier alpha value is -2.01. The highest BCUT2D eigenvalue weighted by Gasteiger charge is 2.29. The van der Waals surface area contributed by atoms with Crippen LogP contribution in [0.15, 0.2) is 47.4 Å². The first-order valence-electron chi connectivity index (χ1n) is 9.83. The van der Waals surface area contributed by atoms with E-state index in [1.165, 1.54) is 19.2 Å². The summed E-state index contributed by atoms with van der Waals surface area (Å²) in [5.41, 5.74) is 1.96. The first-order chi connectivity index (χ1) is 14.5. The van der Waals surface area contributed by atoms with Crippen LogP contribution in [-0.2, 0) is 20.0 Å². The molecule has 0 spiro atoms. The maximum atomic E-state index is 13.1. The molecule has 3 rings (SSSR count). The molecule has 0 radical (unpaired) electrons. The van der Waals surface area contributed by atoms with Gasteiger partial charge in [0.05, 0.1) is 22.5 Å². The Morgan fingerprint density at radius 1 is 0.968 bits per heavy atom. The Morgan fingerprint density at radius 3 is 2.29 bits per heavy atom. The Bertz CT molecular complexity index is 1130. The second-order valence-electron chi connectivity index (χ2n) is 7.53. The SMILES string of the molecule is Cc1ccc(S(=O)(=O)N(Cl)c2ccc(N3CCCNCC3)cc2N(C)S(C)(=O)=O)cc1. The van der Waals surface area contributed by atoms with Gasteiger partial charge in [-0.05, 0) is 50.2 Å². The molecule has 1 heterocycles. The Balaban J connectivity index is 2.08. The zero-order valence-corrected chi connectivity index (χ0v) is 20.1. The molecule has 2 aromatic carbocycles. The van der Waals surface area contributed by atoms with Crippen molar-refractivity contribution in [3.05, 3.63) is 48.0 Å². The average Bonchev–Trinajstić information content (AvgIpc) is 3.01. The molecule has 0 amide bonds. The molecular weight excluding hydrogens is 460 g/mol. The van der Waals surface area contributed by atoms with Gasteiger partial charge in [0.1, 0.15) is 0 Å². The molecule has 0 unspecified atom stereocenters. The van der Waals surface area contributed by atoms with Crippen LogP contribution in [-0.4, -0.2) is 56.3 Å². The predicted molar refractivity (Wildman–Crippen MR) is 126 cm³/mol. The summed E-state index contributed by atoms with van der Waals surface area (Å²) in [6.45, 7) is 5.14. The van der Waals surface area contributed by atoms with Crippen LogP contribution >= 0.6 is 11.8 Å². The smallest absolute Gasteiger partial charge is 0.278 e. The molecule has 1 saturated heterocycles. The summed E-state index contributed by atoms with van der Waals surface area (Å²) in [5.74, 6) is 0. The second-order valence-corrected chi connectivity index (χ2v) is 11.9. The van der Waals surface area contributed by atoms with Gasteiger partial charge in [-0.3, -0.25) is 4.31 Å². The minimum atomic E-state index is -4.10. The first kappa shape index (κ1) is 23.6. The zero-order chi connectivity index (χ0) is 22.8. The van der Waals surface area contributed by atoms with Crippen LogP contribution in [0.3, 0.4) is 0 Å². The number of benzene rings is 2. The monoisotopic (exact) mass is 486 g/mol. The third kappa shape index (κ3) is 5.25. The lowest BCUT2D eigenvalue weighted by atomic mass is 10.2. The van der Waals surface area contributed by atoms with Crippen molar-refractivity contribution in [3.8, 4) is 0 Å². The lowest BCUT2D eigenvalue weighted by Crippen LogP contribution is -2.30. The molecule has 8 nitrogen and oxygen atoms in total. The minimum absolute atomic E-state index is 0.0173. The molecule has 0 bridgehead atoms. The lowest BCUT2D eigenvalue weighted by Gasteiger charge is -2.28. The van der Waals surface area contributed by atoms with Crippen molar-refractivity contribution in [2.45, 2.75) is 18.2 Å². The molecule has 0 saturated carbocycles. The maximum Gasteiger partial charge on any atom is 0.278 e. The number of hydrogen-bond donors (Lipinski definition) is 1. The largest absolute Gasteiger partial charge is 0.370 e. The fraction of sp³-hybridized carbons (Fsp3) is 0.400. The van der Waals surface area contributed by atoms with Crippen molar-refractivity contribution < 1.29 is 16.8 Å². The van der Waals surface area contributed by atoms with Crippen molar-refractivity contribution in [3.63, 3.8) is 0 Å². The van der Waals surface area contributed by atoms with Crippen LogP contribution in [0.4, 0.5) is 17.1 Å². The van der Waals surface area contributed by atoms with E-state index in [0.717, 1.165) is 54.4 Å². The number of hydrogen-bond acceptors (Lipinski definition) is 6. The number of halogens is 1. The van der Waals surface area contributed by atoms with E-state index >= 15 is 0 Å². The fourth-order valence-corrected chi connectivity index (χ4v) is 5.29. The number of nitrogens with one attached hydrogen (secondary N) is 1. The topological polar surface area (TPSA) is 90.0 Å². The first-order valence-corrected chi connectivity index (χ1v) is 13.5. The number of aryl methyl sites for hydroxylation is 1. The number of rotatable bonds is 6. The van der Waals surface area contributed by atoms with E-state index in [1.54, 1.807) is 30.3 Å². The van der Waals surface area contributed by atoms with Crippen molar-refractivity contribution in [1.29, 1.82) is 0 Å². The van der Waals surface area contributed by atoms with E-state index < -0.39 is 20.0 Å². The van der Waals surface area contributed by atoms with E-state index in [4.69, 9.17) is 11.8 Å². The third-order valence-electron chi connectivity index (χ3n) is 5.22. The van der Waals surface area contributed by atoms with Crippen LogP contribution in [0, 0.1) is 6.92 Å². The van der Waals surface area contributed by atoms with Crippen molar-refractivity contribution in [2.75, 3.05) is 52.5 Å². The Labute approximate surface area is 189 Å². The summed E-state index contributed by atoms with van der Waals surface area (Å²) in [7, 11) is -6.38. The Kier molecular flexibility index (Phi) is 7.04. The van der Waals surface area contributed by atoms with Gasteiger partial charge in [-0.1, -0.05) is 17.7 Å². The van der Waals surface area contributed by atoms with Crippen LogP contribution in [0.5, 0.6) is 0 Å². The third-order valence-corrected chi connectivity index (χ3v) is 8.63. The summed E-state index contributed by atoms with van der Waals surface area (Å²) in [5, 5.41) is 3.32. The molecule has 0 atom stereocenters. The molecule has 1 N–H and O–H groups in total. The predicted octanol–water partition coefficient (Wildman–Crippen LogP) is 2.54. The number of anilines is 3. The van der Waals surface area contributed by atoms with Gasteiger partial charge in [-0.15, -0.1) is 0 Å². The second kappa shape index (κ2) is 9.23. The normalized spacial score (nSPS) is 15.4. The molecule has 11 heteroatoms. The highest BCUT2D eigenvalue weighted by atomic mass is 35.5. The molecule has 0 aromatic heterocycles. The Morgan fingerprint density at radius 2 is 1.65 bits per heavy atom. The quantitative estimate of drug-likeness (QED) is 0.631. The number of nitrogens with zero attached hydrogens (tertiary/aromatic N) is 3. The van der Waals surface area contributed by atoms with E-state index in [1.807, 2.05) is 6.92 Å². The van der Waals surface area contributed by atoms with Crippen LogP contribution in [0.2, 0.25) is 0 Å². The molecule has 170 valence electrons. The van der Waals surface area contributed by atoms with E-state index in [9.17, 15) is 16.8 Å². The van der Waals surface area contributed by atoms with Crippen LogP contribution < -0.4 is 18.3 Å². The average molecular weight is 487 g/mol. The van der Waals surface area contributed by atoms with Gasteiger partial charge in [0.25, 0.3) is 10.0 Å². The van der Waals surface area contributed by atoms with Gasteiger partial charge < -0.3 is 10.2 Å². The summed E-state index contributed by atoms with van der Waals surface area (Å²) in [6, 6.07) is 11.3. The van der Waals surface area contributed by atoms with Gasteiger partial charge >= 0.3 is 0 Å². The van der Waals surface area contributed by atoms with Gasteiger partial charge in [-0.2, -0.15) is 12.2 Å². The van der Waals surface area contributed by atoms with Gasteiger partial charge in [0.2, 0.25) is 10.0 Å². The molecule has 1 fully saturated rings. The highest BCUT2D eigenvalue weighted by Crippen LogP contribution is 2.38. The highest BCUT2D eigenvalue weighted by molar-refractivity contribution is 7.94. The van der Waals surface area contributed by atoms with E-state index in [-0.39, 0.29) is 16.3 Å². The van der Waals surface area contributed by atoms with Crippen LogP contribution in [0.25, 0.3) is 0 Å². The molecule has 1 aliphatic rings. The minimum Gasteiger partial charge on any atom is -0.370 e. The molecule has 0 aliphatic carbocycles. The zero-order valence-electron chi connectivity index (χ0n) is 17.7. The maximum absolute atomic E-state index is 13.1. The summed E-state index contributed by atoms with van der Waals surface area (Å²) in [6.07, 6.45) is 2.01. The molecule has 1 aliphatic heterocycles. The van der Waals surface area contributed by atoms with E-state index in [0.29, 0.717) is 3.82 Å². The summed E-state index contributed by atoms with van der Waals surface area (Å²) >= 11 is 6.34. The van der Waals surface area contributed by atoms with Crippen molar-refractivity contribution >= 4 is 48.9 Å². The molecule has 31 heavy (non-hydrogen) atoms. The fourth-order valence-electron chi connectivity index (χ4n) is 3.32. The van der Waals surface area contributed by atoms with Gasteiger partial charge in [-0.25, -0.2) is 8.42 Å². The lowest BCUT2D eigenvalue weighted by molar-refractivity contribution is 0.596. The number of sulfonamides is 2. The van der Waals surface area contributed by atoms with E-state index in [2.05, 4.69) is 10.2 Å². The summed E-state index contributed by atoms with van der Waals surface area (Å²) in [4.78, 5) is 2.15. The molecule has 2 aromatic rings. The van der Waals surface area contributed by atoms with Gasteiger partial charge in [0, 0.05) is 44.1 Å². The standard InChI is InChI=1S/C20H27ClN4O4S2/c1-16-5-8-18(9-6-16)31(28,29)25(21)19-10-7-17(24-13-4-11-22-12-14-24)15-20(19)23(2)30(3,26)27/h5-10,15,22H,4,11-14H2,1-3H3. The van der Waals surface area contributed by atoms with Crippen molar-refractivity contribution in [1.82, 2.24) is 5.32 Å². The summed E-state index contributed by atoms with van der Waals surface area (Å²) < 4.78 is 52.5. The van der Waals surface area contributed by atoms with Crippen LogP contribution in [0.1, 0.15) is 12.0 Å².